The van der Waals surface area contributed by atoms with Crippen LogP contribution in [0.4, 0.5) is 5.69 Å². The molecule has 1 N–H and O–H groups in total. The Morgan fingerprint density at radius 1 is 1.10 bits per heavy atom. The lowest BCUT2D eigenvalue weighted by Gasteiger charge is -2.09. The van der Waals surface area contributed by atoms with Crippen LogP contribution in [0.2, 0.25) is 0 Å². The first-order valence-corrected chi connectivity index (χ1v) is 8.09. The van der Waals surface area contributed by atoms with Crippen LogP contribution >= 0.6 is 0 Å². The highest BCUT2D eigenvalue weighted by molar-refractivity contribution is 7.92. The summed E-state index contributed by atoms with van der Waals surface area (Å²) in [6, 6.07) is 7.15. The van der Waals surface area contributed by atoms with Crippen molar-refractivity contribution in [3.63, 3.8) is 0 Å². The Kier molecular flexibility index (Phi) is 3.22. The Labute approximate surface area is 118 Å². The number of nitrogens with zero attached hydrogens (tertiary/aromatic N) is 1. The standard InChI is InChI=1S/C15H16N2O2S/c1-11-7-14(10-16-9-11)17-20(18,19)15-6-5-12-3-2-4-13(12)8-15/h5-10,17H,2-4H2,1H3. The van der Waals surface area contributed by atoms with Crippen molar-refractivity contribution in [2.24, 2.45) is 0 Å². The SMILES string of the molecule is Cc1cncc(NS(=O)(=O)c2ccc3c(c2)CCC3)c1. The maximum atomic E-state index is 12.4. The normalized spacial score (nSPS) is 14.1. The van der Waals surface area contributed by atoms with Gasteiger partial charge in [-0.05, 0) is 61.1 Å². The summed E-state index contributed by atoms with van der Waals surface area (Å²) in [5, 5.41) is 0. The van der Waals surface area contributed by atoms with Gasteiger partial charge in [-0.3, -0.25) is 9.71 Å². The van der Waals surface area contributed by atoms with Gasteiger partial charge in [0.25, 0.3) is 10.0 Å². The second kappa shape index (κ2) is 4.90. The van der Waals surface area contributed by atoms with Crippen LogP contribution in [0.5, 0.6) is 0 Å². The maximum Gasteiger partial charge on any atom is 0.261 e. The Hall–Kier alpha value is -1.88. The molecule has 1 aromatic carbocycles. The predicted molar refractivity (Wildman–Crippen MR) is 78.2 cm³/mol. The summed E-state index contributed by atoms with van der Waals surface area (Å²) in [6.07, 6.45) is 6.31. The minimum atomic E-state index is -3.54. The molecule has 3 rings (SSSR count). The number of rotatable bonds is 3. The van der Waals surface area contributed by atoms with Crippen LogP contribution in [-0.2, 0) is 22.9 Å². The molecule has 1 aliphatic carbocycles. The van der Waals surface area contributed by atoms with Crippen LogP contribution in [0, 0.1) is 6.92 Å². The largest absolute Gasteiger partial charge is 0.278 e. The molecule has 0 bridgehead atoms. The number of sulfonamides is 1. The van der Waals surface area contributed by atoms with Crippen LogP contribution in [0.15, 0.2) is 41.6 Å². The first kappa shape index (κ1) is 13.1. The molecule has 0 unspecified atom stereocenters. The van der Waals surface area contributed by atoms with Crippen LogP contribution in [0.1, 0.15) is 23.1 Å². The summed E-state index contributed by atoms with van der Waals surface area (Å²) in [5.74, 6) is 0. The molecule has 2 aromatic rings. The topological polar surface area (TPSA) is 59.1 Å². The lowest BCUT2D eigenvalue weighted by Crippen LogP contribution is -2.13. The molecule has 5 heteroatoms. The smallest absolute Gasteiger partial charge is 0.261 e. The Bertz CT molecular complexity index is 754. The minimum absolute atomic E-state index is 0.319. The van der Waals surface area contributed by atoms with Crippen LogP contribution in [0.25, 0.3) is 0 Å². The minimum Gasteiger partial charge on any atom is -0.278 e. The lowest BCUT2D eigenvalue weighted by atomic mass is 10.1. The third-order valence-electron chi connectivity index (χ3n) is 3.51. The van der Waals surface area contributed by atoms with Gasteiger partial charge in [-0.25, -0.2) is 8.42 Å². The molecule has 0 radical (unpaired) electrons. The molecular formula is C15H16N2O2S. The number of aryl methyl sites for hydroxylation is 3. The molecule has 0 atom stereocenters. The highest BCUT2D eigenvalue weighted by atomic mass is 32.2. The summed E-state index contributed by atoms with van der Waals surface area (Å²) >= 11 is 0. The number of anilines is 1. The molecular weight excluding hydrogens is 272 g/mol. The van der Waals surface area contributed by atoms with Crippen LogP contribution < -0.4 is 4.72 Å². The van der Waals surface area contributed by atoms with Gasteiger partial charge in [0.2, 0.25) is 0 Å². The molecule has 1 heterocycles. The molecule has 104 valence electrons. The number of aromatic nitrogens is 1. The molecule has 0 saturated carbocycles. The number of hydrogen-bond acceptors (Lipinski definition) is 3. The highest BCUT2D eigenvalue weighted by Gasteiger charge is 2.18. The van der Waals surface area contributed by atoms with Crippen molar-refractivity contribution >= 4 is 15.7 Å². The van der Waals surface area contributed by atoms with E-state index >= 15 is 0 Å². The van der Waals surface area contributed by atoms with E-state index in [0.29, 0.717) is 10.6 Å². The van der Waals surface area contributed by atoms with Gasteiger partial charge in [0.15, 0.2) is 0 Å². The quantitative estimate of drug-likeness (QED) is 0.944. The lowest BCUT2D eigenvalue weighted by molar-refractivity contribution is 0.601. The van der Waals surface area contributed by atoms with Gasteiger partial charge in [0.05, 0.1) is 16.8 Å². The fraction of sp³-hybridized carbons (Fsp3) is 0.267. The van der Waals surface area contributed by atoms with E-state index in [9.17, 15) is 8.42 Å². The third-order valence-corrected chi connectivity index (χ3v) is 4.89. The monoisotopic (exact) mass is 288 g/mol. The zero-order valence-corrected chi connectivity index (χ0v) is 12.1. The predicted octanol–water partition coefficient (Wildman–Crippen LogP) is 2.68. The number of pyridine rings is 1. The number of fused-ring (bicyclic) bond motifs is 1. The van der Waals surface area contributed by atoms with Gasteiger partial charge in [0, 0.05) is 6.20 Å². The molecule has 0 fully saturated rings. The molecule has 0 spiro atoms. The summed E-state index contributed by atoms with van der Waals surface area (Å²) < 4.78 is 27.3. The third kappa shape index (κ3) is 2.54. The Morgan fingerprint density at radius 3 is 2.70 bits per heavy atom. The second-order valence-corrected chi connectivity index (χ2v) is 6.82. The van der Waals surface area contributed by atoms with Crippen molar-refractivity contribution in [3.8, 4) is 0 Å². The van der Waals surface area contributed by atoms with Crippen molar-refractivity contribution in [1.29, 1.82) is 0 Å². The summed E-state index contributed by atoms with van der Waals surface area (Å²) in [5.41, 5.74) is 3.82. The molecule has 20 heavy (non-hydrogen) atoms. The average molecular weight is 288 g/mol. The van der Waals surface area contributed by atoms with Crippen molar-refractivity contribution in [1.82, 2.24) is 4.98 Å². The van der Waals surface area contributed by atoms with E-state index in [-0.39, 0.29) is 0 Å². The number of nitrogens with one attached hydrogen (secondary N) is 1. The fourth-order valence-electron chi connectivity index (χ4n) is 2.54. The molecule has 0 aliphatic heterocycles. The molecule has 1 aromatic heterocycles. The van der Waals surface area contributed by atoms with Crippen molar-refractivity contribution < 1.29 is 8.42 Å². The fourth-order valence-corrected chi connectivity index (χ4v) is 3.62. The second-order valence-electron chi connectivity index (χ2n) is 5.14. The van der Waals surface area contributed by atoms with E-state index in [1.165, 1.54) is 11.8 Å². The van der Waals surface area contributed by atoms with Gasteiger partial charge >= 0.3 is 0 Å². The van der Waals surface area contributed by atoms with E-state index in [0.717, 1.165) is 30.4 Å². The first-order valence-electron chi connectivity index (χ1n) is 6.61. The number of benzene rings is 1. The number of hydrogen-bond donors (Lipinski definition) is 1. The van der Waals surface area contributed by atoms with Gasteiger partial charge in [0.1, 0.15) is 0 Å². The maximum absolute atomic E-state index is 12.4. The summed E-state index contributed by atoms with van der Waals surface area (Å²) in [7, 11) is -3.54. The van der Waals surface area contributed by atoms with Crippen molar-refractivity contribution in [2.45, 2.75) is 31.1 Å². The van der Waals surface area contributed by atoms with Gasteiger partial charge in [-0.1, -0.05) is 6.07 Å². The van der Waals surface area contributed by atoms with Crippen LogP contribution in [-0.4, -0.2) is 13.4 Å². The zero-order valence-electron chi connectivity index (χ0n) is 11.3. The van der Waals surface area contributed by atoms with Gasteiger partial charge in [-0.15, -0.1) is 0 Å². The van der Waals surface area contributed by atoms with E-state index in [4.69, 9.17) is 0 Å². The van der Waals surface area contributed by atoms with Crippen molar-refractivity contribution in [3.05, 3.63) is 53.3 Å². The Morgan fingerprint density at radius 2 is 1.90 bits per heavy atom. The highest BCUT2D eigenvalue weighted by Crippen LogP contribution is 2.25. The zero-order chi connectivity index (χ0) is 14.2. The van der Waals surface area contributed by atoms with Gasteiger partial charge < -0.3 is 0 Å². The van der Waals surface area contributed by atoms with Crippen LogP contribution in [0.3, 0.4) is 0 Å². The van der Waals surface area contributed by atoms with Crippen molar-refractivity contribution in [2.75, 3.05) is 4.72 Å². The summed E-state index contributed by atoms with van der Waals surface area (Å²) in [6.45, 7) is 1.88. The average Bonchev–Trinajstić information content (AvgIpc) is 2.85. The summed E-state index contributed by atoms with van der Waals surface area (Å²) in [4.78, 5) is 4.31. The van der Waals surface area contributed by atoms with E-state index in [1.807, 2.05) is 13.0 Å². The van der Waals surface area contributed by atoms with E-state index < -0.39 is 10.0 Å². The molecule has 0 saturated heterocycles. The first-order chi connectivity index (χ1) is 9.54. The van der Waals surface area contributed by atoms with E-state index in [2.05, 4.69) is 9.71 Å². The van der Waals surface area contributed by atoms with E-state index in [1.54, 1.807) is 24.4 Å². The van der Waals surface area contributed by atoms with Gasteiger partial charge in [-0.2, -0.15) is 0 Å². The molecule has 4 nitrogen and oxygen atoms in total. The Balaban J connectivity index is 1.92. The molecule has 0 amide bonds. The molecule has 1 aliphatic rings.